The van der Waals surface area contributed by atoms with Gasteiger partial charge in [0.15, 0.2) is 0 Å². The molecule has 0 amide bonds. The lowest BCUT2D eigenvalue weighted by Crippen LogP contribution is -2.08. The minimum atomic E-state index is 0.358. The topological polar surface area (TPSA) is 25.2 Å². The van der Waals surface area contributed by atoms with Gasteiger partial charge >= 0.3 is 0 Å². The molecule has 0 fully saturated rings. The molecule has 4 aromatic rings. The van der Waals surface area contributed by atoms with Crippen molar-refractivity contribution in [2.45, 2.75) is 13.5 Å². The first-order chi connectivity index (χ1) is 10.8. The molecule has 0 radical (unpaired) electrons. The number of para-hydroxylation sites is 1. The molecule has 1 aliphatic heterocycles. The Labute approximate surface area is 128 Å². The van der Waals surface area contributed by atoms with Crippen LogP contribution in [0.3, 0.4) is 0 Å². The predicted molar refractivity (Wildman–Crippen MR) is 90.4 cm³/mol. The number of nitrogens with zero attached hydrogens (tertiary/aromatic N) is 1. The number of hydrogen-bond donors (Lipinski definition) is 1. The fraction of sp³-hybridized carbons (Fsp3) is 0.100. The van der Waals surface area contributed by atoms with Crippen molar-refractivity contribution >= 4 is 21.8 Å². The van der Waals surface area contributed by atoms with E-state index in [1.807, 2.05) is 6.07 Å². The van der Waals surface area contributed by atoms with Gasteiger partial charge in [0.25, 0.3) is 0 Å². The molecule has 106 valence electrons. The van der Waals surface area contributed by atoms with Gasteiger partial charge in [-0.3, -0.25) is 0 Å². The molecule has 3 aromatic carbocycles. The first-order valence-corrected chi connectivity index (χ1v) is 7.57. The summed E-state index contributed by atoms with van der Waals surface area (Å²) in [5, 5.41) is 12.7. The molecule has 0 bridgehead atoms. The fourth-order valence-electron chi connectivity index (χ4n) is 3.90. The lowest BCUT2D eigenvalue weighted by Gasteiger charge is -2.22. The Morgan fingerprint density at radius 2 is 1.68 bits per heavy atom. The molecule has 0 spiro atoms. The molecule has 0 saturated carbocycles. The minimum Gasteiger partial charge on any atom is -0.506 e. The minimum absolute atomic E-state index is 0.358. The van der Waals surface area contributed by atoms with Crippen LogP contribution in [0.15, 0.2) is 54.6 Å². The zero-order valence-electron chi connectivity index (χ0n) is 12.3. The van der Waals surface area contributed by atoms with Gasteiger partial charge in [0.1, 0.15) is 5.75 Å². The third-order valence-corrected chi connectivity index (χ3v) is 4.85. The molecule has 1 N–H and O–H groups in total. The van der Waals surface area contributed by atoms with Gasteiger partial charge < -0.3 is 9.67 Å². The molecule has 0 unspecified atom stereocenters. The van der Waals surface area contributed by atoms with E-state index in [9.17, 15) is 5.11 Å². The Balaban J connectivity index is 2.10. The number of hydrogen-bond acceptors (Lipinski definition) is 1. The molecule has 0 aliphatic carbocycles. The predicted octanol–water partition coefficient (Wildman–Crippen LogP) is 4.84. The van der Waals surface area contributed by atoms with E-state index in [0.29, 0.717) is 5.75 Å². The van der Waals surface area contributed by atoms with E-state index in [0.717, 1.165) is 17.4 Å². The molecule has 5 rings (SSSR count). The van der Waals surface area contributed by atoms with Crippen molar-refractivity contribution in [2.24, 2.45) is 0 Å². The van der Waals surface area contributed by atoms with Crippen LogP contribution in [0.2, 0.25) is 0 Å². The molecule has 0 atom stereocenters. The van der Waals surface area contributed by atoms with Crippen LogP contribution in [0.5, 0.6) is 5.75 Å². The van der Waals surface area contributed by atoms with E-state index in [4.69, 9.17) is 0 Å². The van der Waals surface area contributed by atoms with E-state index in [1.54, 1.807) is 6.07 Å². The van der Waals surface area contributed by atoms with Gasteiger partial charge in [-0.2, -0.15) is 0 Å². The van der Waals surface area contributed by atoms with Gasteiger partial charge in [-0.15, -0.1) is 0 Å². The van der Waals surface area contributed by atoms with E-state index in [1.165, 1.54) is 33.2 Å². The van der Waals surface area contributed by atoms with Crippen molar-refractivity contribution in [3.63, 3.8) is 0 Å². The van der Waals surface area contributed by atoms with Crippen LogP contribution in [-0.4, -0.2) is 9.67 Å². The summed E-state index contributed by atoms with van der Waals surface area (Å²) < 4.78 is 2.27. The first-order valence-electron chi connectivity index (χ1n) is 7.57. The van der Waals surface area contributed by atoms with Gasteiger partial charge in [0.2, 0.25) is 0 Å². The summed E-state index contributed by atoms with van der Waals surface area (Å²) in [5.74, 6) is 0.358. The Bertz CT molecular complexity index is 1070. The van der Waals surface area contributed by atoms with Crippen molar-refractivity contribution in [1.29, 1.82) is 0 Å². The van der Waals surface area contributed by atoms with E-state index in [-0.39, 0.29) is 0 Å². The van der Waals surface area contributed by atoms with Crippen LogP contribution in [0.4, 0.5) is 0 Å². The lowest BCUT2D eigenvalue weighted by molar-refractivity contribution is 0.478. The third-order valence-electron chi connectivity index (χ3n) is 4.85. The molecular formula is C20H15NO. The number of aryl methyl sites for hydroxylation is 1. The monoisotopic (exact) mass is 285 g/mol. The molecule has 2 nitrogen and oxygen atoms in total. The highest BCUT2D eigenvalue weighted by atomic mass is 16.3. The van der Waals surface area contributed by atoms with Crippen molar-refractivity contribution in [1.82, 2.24) is 4.57 Å². The average molecular weight is 285 g/mol. The summed E-state index contributed by atoms with van der Waals surface area (Å²) in [6, 6.07) is 18.7. The number of phenolic OH excluding ortho intramolecular Hbond substituents is 1. The van der Waals surface area contributed by atoms with Crippen LogP contribution in [-0.2, 0) is 6.54 Å². The van der Waals surface area contributed by atoms with Crippen LogP contribution in [0.25, 0.3) is 32.9 Å². The molecule has 0 saturated heterocycles. The Hall–Kier alpha value is -2.74. The van der Waals surface area contributed by atoms with Crippen molar-refractivity contribution in [2.75, 3.05) is 0 Å². The fourth-order valence-corrected chi connectivity index (χ4v) is 3.90. The number of phenols is 1. The van der Waals surface area contributed by atoms with Gasteiger partial charge in [-0.25, -0.2) is 0 Å². The lowest BCUT2D eigenvalue weighted by atomic mass is 9.91. The number of benzene rings is 3. The van der Waals surface area contributed by atoms with E-state index >= 15 is 0 Å². The Morgan fingerprint density at radius 1 is 0.864 bits per heavy atom. The summed E-state index contributed by atoms with van der Waals surface area (Å²) in [6.45, 7) is 2.98. The van der Waals surface area contributed by atoms with Crippen molar-refractivity contribution < 1.29 is 5.11 Å². The highest BCUT2D eigenvalue weighted by Gasteiger charge is 2.23. The normalized spacial score (nSPS) is 12.8. The summed E-state index contributed by atoms with van der Waals surface area (Å²) in [4.78, 5) is 0. The van der Waals surface area contributed by atoms with Gasteiger partial charge in [0, 0.05) is 22.9 Å². The highest BCUT2D eigenvalue weighted by Crippen LogP contribution is 2.44. The average Bonchev–Trinajstić information content (AvgIpc) is 2.85. The number of aromatic hydroxyl groups is 1. The van der Waals surface area contributed by atoms with Gasteiger partial charge in [-0.05, 0) is 29.7 Å². The van der Waals surface area contributed by atoms with Crippen molar-refractivity contribution in [3.8, 4) is 16.9 Å². The second-order valence-corrected chi connectivity index (χ2v) is 6.07. The smallest absolute Gasteiger partial charge is 0.139 e. The molecule has 1 aliphatic rings. The molecule has 2 heterocycles. The van der Waals surface area contributed by atoms with E-state index < -0.39 is 0 Å². The van der Waals surface area contributed by atoms with Gasteiger partial charge in [-0.1, -0.05) is 48.5 Å². The second kappa shape index (κ2) is 3.92. The zero-order chi connectivity index (χ0) is 14.8. The summed E-state index contributed by atoms with van der Waals surface area (Å²) >= 11 is 0. The number of fused-ring (bicyclic) bond motifs is 5. The maximum Gasteiger partial charge on any atom is 0.139 e. The Kier molecular flexibility index (Phi) is 2.11. The largest absolute Gasteiger partial charge is 0.506 e. The Morgan fingerprint density at radius 3 is 2.59 bits per heavy atom. The SMILES string of the molecule is Cc1ccc2c3cccc(O)c3n3c2c1-c1ccccc1C3. The first kappa shape index (κ1) is 11.9. The second-order valence-electron chi connectivity index (χ2n) is 6.07. The third kappa shape index (κ3) is 1.30. The maximum atomic E-state index is 10.4. The highest BCUT2D eigenvalue weighted by molar-refractivity contribution is 6.15. The molecule has 22 heavy (non-hydrogen) atoms. The number of rotatable bonds is 0. The van der Waals surface area contributed by atoms with E-state index in [2.05, 4.69) is 54.0 Å². The summed E-state index contributed by atoms with van der Waals surface area (Å²) in [6.07, 6.45) is 0. The zero-order valence-corrected chi connectivity index (χ0v) is 12.3. The standard InChI is InChI=1S/C20H15NO/c1-12-9-10-16-15-7-4-8-17(22)19(15)21-11-13-5-2-3-6-14(13)18(12)20(16)21/h2-10,22H,11H2,1H3. The summed E-state index contributed by atoms with van der Waals surface area (Å²) in [7, 11) is 0. The maximum absolute atomic E-state index is 10.4. The van der Waals surface area contributed by atoms with Crippen LogP contribution < -0.4 is 0 Å². The molecule has 1 aromatic heterocycles. The van der Waals surface area contributed by atoms with Crippen LogP contribution in [0, 0.1) is 6.92 Å². The molecular weight excluding hydrogens is 270 g/mol. The number of aromatic nitrogens is 1. The van der Waals surface area contributed by atoms with Crippen LogP contribution >= 0.6 is 0 Å². The van der Waals surface area contributed by atoms with Crippen LogP contribution in [0.1, 0.15) is 11.1 Å². The quantitative estimate of drug-likeness (QED) is 0.433. The molecule has 2 heteroatoms. The van der Waals surface area contributed by atoms with Crippen molar-refractivity contribution in [3.05, 3.63) is 65.7 Å². The van der Waals surface area contributed by atoms with Gasteiger partial charge in [0.05, 0.1) is 11.0 Å². The summed E-state index contributed by atoms with van der Waals surface area (Å²) in [5.41, 5.74) is 7.40.